The number of aromatic nitrogens is 1. The highest BCUT2D eigenvalue weighted by molar-refractivity contribution is 7.09. The number of hydrogen-bond acceptors (Lipinski definition) is 2. The van der Waals surface area contributed by atoms with Gasteiger partial charge >= 0.3 is 0 Å². The molecule has 14 heavy (non-hydrogen) atoms. The van der Waals surface area contributed by atoms with Gasteiger partial charge in [-0.1, -0.05) is 27.7 Å². The van der Waals surface area contributed by atoms with Gasteiger partial charge in [0.1, 0.15) is 0 Å². The summed E-state index contributed by atoms with van der Waals surface area (Å²) >= 11 is 8.03. The van der Waals surface area contributed by atoms with Crippen molar-refractivity contribution >= 4 is 22.9 Å². The Labute approximate surface area is 95.5 Å². The molecular weight excluding hydrogens is 214 g/mol. The van der Waals surface area contributed by atoms with Crippen LogP contribution in [-0.4, -0.2) is 10.4 Å². The summed E-state index contributed by atoms with van der Waals surface area (Å²) in [6.45, 7) is 8.62. The second kappa shape index (κ2) is 4.63. The minimum atomic E-state index is 0.152. The molecule has 0 bridgehead atoms. The van der Waals surface area contributed by atoms with Gasteiger partial charge in [0.15, 0.2) is 0 Å². The van der Waals surface area contributed by atoms with E-state index in [2.05, 4.69) is 38.1 Å². The number of halogens is 1. The molecule has 0 N–H and O–H groups in total. The first-order chi connectivity index (χ1) is 6.43. The summed E-state index contributed by atoms with van der Waals surface area (Å²) in [4.78, 5) is 4.52. The third-order valence-corrected chi connectivity index (χ3v) is 3.98. The van der Waals surface area contributed by atoms with Crippen molar-refractivity contribution in [3.63, 3.8) is 0 Å². The SMILES string of the molecule is CCc1csc(CC(Cl)C(C)(C)C)n1. The van der Waals surface area contributed by atoms with Crippen molar-refractivity contribution in [2.24, 2.45) is 5.41 Å². The van der Waals surface area contributed by atoms with Gasteiger partial charge in [-0.3, -0.25) is 0 Å². The smallest absolute Gasteiger partial charge is 0.0943 e. The summed E-state index contributed by atoms with van der Waals surface area (Å²) < 4.78 is 0. The van der Waals surface area contributed by atoms with Crippen LogP contribution in [-0.2, 0) is 12.8 Å². The van der Waals surface area contributed by atoms with Gasteiger partial charge < -0.3 is 0 Å². The molecule has 0 fully saturated rings. The summed E-state index contributed by atoms with van der Waals surface area (Å²) in [6.07, 6.45) is 1.90. The Morgan fingerprint density at radius 1 is 1.50 bits per heavy atom. The van der Waals surface area contributed by atoms with Gasteiger partial charge in [0.2, 0.25) is 0 Å². The Bertz CT molecular complexity index is 288. The molecule has 0 radical (unpaired) electrons. The minimum Gasteiger partial charge on any atom is -0.246 e. The lowest BCUT2D eigenvalue weighted by atomic mass is 9.90. The maximum absolute atomic E-state index is 6.31. The van der Waals surface area contributed by atoms with E-state index in [1.165, 1.54) is 5.69 Å². The summed E-state index contributed by atoms with van der Waals surface area (Å²) in [6, 6.07) is 0. The van der Waals surface area contributed by atoms with Crippen molar-refractivity contribution in [2.75, 3.05) is 0 Å². The highest BCUT2D eigenvalue weighted by Gasteiger charge is 2.23. The second-order valence-electron chi connectivity index (χ2n) is 4.62. The first-order valence-electron chi connectivity index (χ1n) is 5.01. The predicted octanol–water partition coefficient (Wildman–Crippen LogP) is 3.90. The fourth-order valence-electron chi connectivity index (χ4n) is 1.06. The Balaban J connectivity index is 2.60. The maximum Gasteiger partial charge on any atom is 0.0943 e. The van der Waals surface area contributed by atoms with E-state index in [0.29, 0.717) is 0 Å². The standard InChI is InChI=1S/C11H18ClNS/c1-5-8-7-14-10(13-8)6-9(12)11(2,3)4/h7,9H,5-6H2,1-4H3. The number of alkyl halides is 1. The van der Waals surface area contributed by atoms with Crippen molar-refractivity contribution in [1.82, 2.24) is 4.98 Å². The van der Waals surface area contributed by atoms with Crippen molar-refractivity contribution in [1.29, 1.82) is 0 Å². The van der Waals surface area contributed by atoms with E-state index < -0.39 is 0 Å². The number of rotatable bonds is 3. The van der Waals surface area contributed by atoms with Crippen LogP contribution in [0.3, 0.4) is 0 Å². The van der Waals surface area contributed by atoms with Crippen LogP contribution in [0.4, 0.5) is 0 Å². The van der Waals surface area contributed by atoms with Crippen LogP contribution >= 0.6 is 22.9 Å². The van der Waals surface area contributed by atoms with Crippen molar-refractivity contribution < 1.29 is 0 Å². The normalized spacial score (nSPS) is 14.4. The van der Waals surface area contributed by atoms with E-state index in [1.807, 2.05) is 0 Å². The van der Waals surface area contributed by atoms with Crippen LogP contribution in [0.2, 0.25) is 0 Å². The van der Waals surface area contributed by atoms with Gasteiger partial charge in [0.05, 0.1) is 10.7 Å². The molecule has 0 spiro atoms. The molecule has 1 aromatic rings. The predicted molar refractivity (Wildman–Crippen MR) is 64.3 cm³/mol. The third kappa shape index (κ3) is 3.25. The number of nitrogens with zero attached hydrogens (tertiary/aromatic N) is 1. The molecule has 0 aliphatic heterocycles. The molecule has 0 aromatic carbocycles. The van der Waals surface area contributed by atoms with Crippen LogP contribution in [0.15, 0.2) is 5.38 Å². The van der Waals surface area contributed by atoms with E-state index in [9.17, 15) is 0 Å². The number of aryl methyl sites for hydroxylation is 1. The molecule has 1 heterocycles. The first kappa shape index (κ1) is 12.0. The average molecular weight is 232 g/mol. The monoisotopic (exact) mass is 231 g/mol. The zero-order valence-corrected chi connectivity index (χ0v) is 10.9. The molecule has 80 valence electrons. The molecule has 1 nitrogen and oxygen atoms in total. The Kier molecular flexibility index (Phi) is 3.96. The lowest BCUT2D eigenvalue weighted by Gasteiger charge is -2.24. The number of hydrogen-bond donors (Lipinski definition) is 0. The van der Waals surface area contributed by atoms with Crippen molar-refractivity contribution in [3.05, 3.63) is 16.1 Å². The van der Waals surface area contributed by atoms with Gasteiger partial charge in [-0.15, -0.1) is 22.9 Å². The van der Waals surface area contributed by atoms with Crippen molar-refractivity contribution in [3.8, 4) is 0 Å². The van der Waals surface area contributed by atoms with Crippen LogP contribution in [0.25, 0.3) is 0 Å². The van der Waals surface area contributed by atoms with Gasteiger partial charge in [-0.05, 0) is 11.8 Å². The van der Waals surface area contributed by atoms with Crippen LogP contribution in [0, 0.1) is 5.41 Å². The maximum atomic E-state index is 6.31. The largest absolute Gasteiger partial charge is 0.246 e. The quantitative estimate of drug-likeness (QED) is 0.719. The molecule has 3 heteroatoms. The highest BCUT2D eigenvalue weighted by Crippen LogP contribution is 2.28. The van der Waals surface area contributed by atoms with Gasteiger partial charge in [0, 0.05) is 17.2 Å². The van der Waals surface area contributed by atoms with Gasteiger partial charge in [0.25, 0.3) is 0 Å². The lowest BCUT2D eigenvalue weighted by molar-refractivity contribution is 0.386. The summed E-state index contributed by atoms with van der Waals surface area (Å²) in [5.41, 5.74) is 1.34. The average Bonchev–Trinajstić information content (AvgIpc) is 2.50. The second-order valence-corrected chi connectivity index (χ2v) is 6.09. The van der Waals surface area contributed by atoms with E-state index >= 15 is 0 Å². The van der Waals surface area contributed by atoms with Crippen LogP contribution in [0.5, 0.6) is 0 Å². The Morgan fingerprint density at radius 2 is 2.14 bits per heavy atom. The molecule has 0 aliphatic rings. The zero-order valence-electron chi connectivity index (χ0n) is 9.30. The van der Waals surface area contributed by atoms with Gasteiger partial charge in [-0.2, -0.15) is 0 Å². The lowest BCUT2D eigenvalue weighted by Crippen LogP contribution is -2.22. The molecule has 1 unspecified atom stereocenters. The molecular formula is C11H18ClNS. The minimum absolute atomic E-state index is 0.152. The van der Waals surface area contributed by atoms with Crippen molar-refractivity contribution in [2.45, 2.75) is 45.9 Å². The van der Waals surface area contributed by atoms with E-state index in [4.69, 9.17) is 11.6 Å². The summed E-state index contributed by atoms with van der Waals surface area (Å²) in [7, 11) is 0. The zero-order chi connectivity index (χ0) is 10.8. The Hall–Kier alpha value is -0.0800. The third-order valence-electron chi connectivity index (χ3n) is 2.26. The van der Waals surface area contributed by atoms with E-state index in [-0.39, 0.29) is 10.8 Å². The topological polar surface area (TPSA) is 12.9 Å². The fourth-order valence-corrected chi connectivity index (χ4v) is 2.23. The summed E-state index contributed by atoms with van der Waals surface area (Å²) in [5, 5.41) is 3.46. The van der Waals surface area contributed by atoms with Crippen LogP contribution < -0.4 is 0 Å². The first-order valence-corrected chi connectivity index (χ1v) is 6.32. The van der Waals surface area contributed by atoms with E-state index in [0.717, 1.165) is 17.8 Å². The van der Waals surface area contributed by atoms with Gasteiger partial charge in [-0.25, -0.2) is 4.98 Å². The van der Waals surface area contributed by atoms with E-state index in [1.54, 1.807) is 11.3 Å². The molecule has 1 atom stereocenters. The molecule has 0 saturated heterocycles. The molecule has 0 aliphatic carbocycles. The molecule has 0 amide bonds. The fraction of sp³-hybridized carbons (Fsp3) is 0.727. The molecule has 1 aromatic heterocycles. The Morgan fingerprint density at radius 3 is 2.57 bits per heavy atom. The molecule has 0 saturated carbocycles. The summed E-state index contributed by atoms with van der Waals surface area (Å²) in [5.74, 6) is 0. The van der Waals surface area contributed by atoms with Crippen LogP contribution in [0.1, 0.15) is 38.4 Å². The number of thiazole rings is 1. The molecule has 1 rings (SSSR count). The highest BCUT2D eigenvalue weighted by atomic mass is 35.5.